The zero-order valence-corrected chi connectivity index (χ0v) is 14.2. The first-order valence-electron chi connectivity index (χ1n) is 7.81. The molecule has 0 aromatic heterocycles. The number of hydrogen-bond acceptors (Lipinski definition) is 5. The van der Waals surface area contributed by atoms with Crippen LogP contribution in [0.4, 0.5) is 0 Å². The molecule has 0 fully saturated rings. The van der Waals surface area contributed by atoms with Crippen molar-refractivity contribution < 1.29 is 24.7 Å². The van der Waals surface area contributed by atoms with Crippen molar-refractivity contribution in [1.82, 2.24) is 0 Å². The van der Waals surface area contributed by atoms with E-state index in [1.165, 1.54) is 0 Å². The summed E-state index contributed by atoms with van der Waals surface area (Å²) in [5, 5.41) is 13.9. The normalized spacial score (nSPS) is 12.5. The molecule has 0 unspecified atom stereocenters. The summed E-state index contributed by atoms with van der Waals surface area (Å²) in [6.45, 7) is 10.4. The monoisotopic (exact) mass is 304 g/mol. The lowest BCUT2D eigenvalue weighted by molar-refractivity contribution is -0.486. The molecule has 0 aliphatic carbocycles. The Balaban J connectivity index is 3.35. The highest BCUT2D eigenvalue weighted by Gasteiger charge is 2.12. The second-order valence-electron chi connectivity index (χ2n) is 7.38. The molecule has 21 heavy (non-hydrogen) atoms. The molecule has 0 amide bonds. The van der Waals surface area contributed by atoms with E-state index in [-0.39, 0.29) is 6.61 Å². The third-order valence-electron chi connectivity index (χ3n) is 3.00. The van der Waals surface area contributed by atoms with Gasteiger partial charge >= 0.3 is 5.97 Å². The van der Waals surface area contributed by atoms with E-state index in [1.807, 2.05) is 0 Å². The highest BCUT2D eigenvalue weighted by atomic mass is 17.5. The first-order valence-corrected chi connectivity index (χ1v) is 7.81. The molecule has 0 saturated heterocycles. The molecule has 1 N–H and O–H groups in total. The smallest absolute Gasteiger partial charge is 0.345 e. The first kappa shape index (κ1) is 20.3. The van der Waals surface area contributed by atoms with Crippen molar-refractivity contribution in [2.75, 3.05) is 6.61 Å². The summed E-state index contributed by atoms with van der Waals surface area (Å²) in [5.74, 6) is -0.409. The Morgan fingerprint density at radius 1 is 0.952 bits per heavy atom. The van der Waals surface area contributed by atoms with Gasteiger partial charge in [0.1, 0.15) is 0 Å². The number of hydrogen-bond donors (Lipinski definition) is 1. The Hall–Kier alpha value is -0.650. The van der Waals surface area contributed by atoms with Crippen LogP contribution in [0.25, 0.3) is 0 Å². The molecular formula is C16H32O5. The SMILES string of the molecule is CC(C)(C)CCCCCC(=O)OOOCCCC(C)(C)O. The molecule has 0 radical (unpaired) electrons. The topological polar surface area (TPSA) is 65.0 Å². The van der Waals surface area contributed by atoms with Crippen LogP contribution in [0.1, 0.15) is 79.6 Å². The number of aliphatic hydroxyl groups is 1. The lowest BCUT2D eigenvalue weighted by Crippen LogP contribution is -2.19. The van der Waals surface area contributed by atoms with Gasteiger partial charge in [0.05, 0.1) is 12.2 Å². The highest BCUT2D eigenvalue weighted by molar-refractivity contribution is 5.68. The van der Waals surface area contributed by atoms with Crippen LogP contribution in [0.2, 0.25) is 0 Å². The number of unbranched alkanes of at least 4 members (excludes halogenated alkanes) is 2. The largest absolute Gasteiger partial charge is 0.390 e. The average Bonchev–Trinajstić information content (AvgIpc) is 2.30. The van der Waals surface area contributed by atoms with Crippen LogP contribution in [0.15, 0.2) is 0 Å². The zero-order valence-electron chi connectivity index (χ0n) is 14.2. The van der Waals surface area contributed by atoms with E-state index in [0.717, 1.165) is 25.7 Å². The minimum Gasteiger partial charge on any atom is -0.390 e. The predicted octanol–water partition coefficient (Wildman–Crippen LogP) is 3.94. The van der Waals surface area contributed by atoms with Crippen molar-refractivity contribution in [3.05, 3.63) is 0 Å². The second kappa shape index (κ2) is 10.1. The van der Waals surface area contributed by atoms with Crippen LogP contribution in [-0.2, 0) is 19.6 Å². The van der Waals surface area contributed by atoms with Gasteiger partial charge in [-0.05, 0) is 50.0 Å². The number of carbonyl (C=O) groups is 1. The summed E-state index contributed by atoms with van der Waals surface area (Å²) in [5.41, 5.74) is -0.367. The zero-order chi connectivity index (χ0) is 16.4. The van der Waals surface area contributed by atoms with E-state index in [2.05, 4.69) is 30.7 Å². The summed E-state index contributed by atoms with van der Waals surface area (Å²) in [4.78, 5) is 20.5. The maximum atomic E-state index is 11.3. The van der Waals surface area contributed by atoms with Crippen LogP contribution >= 0.6 is 0 Å². The Morgan fingerprint density at radius 3 is 2.19 bits per heavy atom. The fourth-order valence-electron chi connectivity index (χ4n) is 1.80. The van der Waals surface area contributed by atoms with E-state index in [9.17, 15) is 9.90 Å². The Morgan fingerprint density at radius 2 is 1.62 bits per heavy atom. The molecule has 0 aliphatic heterocycles. The van der Waals surface area contributed by atoms with Crippen LogP contribution in [-0.4, -0.2) is 23.3 Å². The van der Waals surface area contributed by atoms with Gasteiger partial charge in [-0.15, -0.1) is 0 Å². The summed E-state index contributed by atoms with van der Waals surface area (Å²) in [6.07, 6.45) is 5.66. The van der Waals surface area contributed by atoms with Crippen LogP contribution in [0.3, 0.4) is 0 Å². The molecule has 0 bridgehead atoms. The maximum absolute atomic E-state index is 11.3. The van der Waals surface area contributed by atoms with Crippen molar-refractivity contribution >= 4 is 5.97 Å². The molecule has 0 heterocycles. The Bertz CT molecular complexity index is 275. The van der Waals surface area contributed by atoms with Crippen molar-refractivity contribution in [1.29, 1.82) is 0 Å². The second-order valence-corrected chi connectivity index (χ2v) is 7.38. The van der Waals surface area contributed by atoms with Gasteiger partial charge in [-0.1, -0.05) is 33.6 Å². The Labute approximate surface area is 128 Å². The van der Waals surface area contributed by atoms with Crippen molar-refractivity contribution in [2.24, 2.45) is 5.41 Å². The van der Waals surface area contributed by atoms with Gasteiger partial charge < -0.3 is 5.11 Å². The van der Waals surface area contributed by atoms with Gasteiger partial charge in [-0.25, -0.2) is 4.79 Å². The molecule has 0 spiro atoms. The van der Waals surface area contributed by atoms with E-state index >= 15 is 0 Å². The van der Waals surface area contributed by atoms with Gasteiger partial charge in [0, 0.05) is 6.42 Å². The summed E-state index contributed by atoms with van der Waals surface area (Å²) >= 11 is 0. The number of rotatable bonds is 11. The minimum absolute atomic E-state index is 0.281. The van der Waals surface area contributed by atoms with Crippen LogP contribution < -0.4 is 0 Å². The molecule has 5 nitrogen and oxygen atoms in total. The van der Waals surface area contributed by atoms with E-state index < -0.39 is 11.6 Å². The Kier molecular flexibility index (Phi) is 9.83. The van der Waals surface area contributed by atoms with Crippen LogP contribution in [0.5, 0.6) is 0 Å². The third-order valence-corrected chi connectivity index (χ3v) is 3.00. The summed E-state index contributed by atoms with van der Waals surface area (Å²) < 4.78 is 0. The van der Waals surface area contributed by atoms with Crippen molar-refractivity contribution in [3.8, 4) is 0 Å². The molecular weight excluding hydrogens is 272 g/mol. The molecule has 5 heteroatoms. The molecule has 0 aromatic rings. The fourth-order valence-corrected chi connectivity index (χ4v) is 1.80. The van der Waals surface area contributed by atoms with Gasteiger partial charge in [0.15, 0.2) is 0 Å². The highest BCUT2D eigenvalue weighted by Crippen LogP contribution is 2.22. The van der Waals surface area contributed by atoms with Gasteiger partial charge in [-0.2, -0.15) is 4.89 Å². The molecule has 0 rings (SSSR count). The molecule has 0 aliphatic rings. The molecule has 0 atom stereocenters. The molecule has 0 aromatic carbocycles. The first-order chi connectivity index (χ1) is 9.60. The van der Waals surface area contributed by atoms with Crippen LogP contribution in [0, 0.1) is 5.41 Å². The van der Waals surface area contributed by atoms with Gasteiger partial charge in [-0.3, -0.25) is 4.89 Å². The van der Waals surface area contributed by atoms with Crippen molar-refractivity contribution in [2.45, 2.75) is 85.2 Å². The predicted molar refractivity (Wildman–Crippen MR) is 81.2 cm³/mol. The van der Waals surface area contributed by atoms with Crippen molar-refractivity contribution in [3.63, 3.8) is 0 Å². The minimum atomic E-state index is -0.715. The van der Waals surface area contributed by atoms with E-state index in [4.69, 9.17) is 4.89 Å². The lowest BCUT2D eigenvalue weighted by Gasteiger charge is -2.17. The average molecular weight is 304 g/mol. The summed E-state index contributed by atoms with van der Waals surface area (Å²) in [6, 6.07) is 0. The van der Waals surface area contributed by atoms with E-state index in [1.54, 1.807) is 13.8 Å². The number of carbonyl (C=O) groups excluding carboxylic acids is 1. The maximum Gasteiger partial charge on any atom is 0.345 e. The molecule has 126 valence electrons. The van der Waals surface area contributed by atoms with Gasteiger partial charge in [0.2, 0.25) is 0 Å². The lowest BCUT2D eigenvalue weighted by atomic mass is 9.89. The molecule has 0 saturated carbocycles. The third kappa shape index (κ3) is 17.3. The quantitative estimate of drug-likeness (QED) is 0.356. The summed E-state index contributed by atoms with van der Waals surface area (Å²) in [7, 11) is 0. The standard InChI is InChI=1S/C16H32O5/c1-15(2,3)11-8-6-7-10-14(17)20-21-19-13-9-12-16(4,5)18/h18H,6-13H2,1-5H3. The fraction of sp³-hybridized carbons (Fsp3) is 0.938. The van der Waals surface area contributed by atoms with Gasteiger partial charge in [0.25, 0.3) is 0 Å². The van der Waals surface area contributed by atoms with E-state index in [0.29, 0.717) is 24.7 Å².